The lowest BCUT2D eigenvalue weighted by Crippen LogP contribution is -2.35. The van der Waals surface area contributed by atoms with Gasteiger partial charge in [-0.15, -0.1) is 23.5 Å². The normalized spacial score (nSPS) is 19.9. The predicted octanol–water partition coefficient (Wildman–Crippen LogP) is 5.03. The van der Waals surface area contributed by atoms with Crippen LogP contribution >= 0.6 is 23.5 Å². The molecule has 0 aromatic heterocycles. The van der Waals surface area contributed by atoms with Gasteiger partial charge in [-0.05, 0) is 30.4 Å². The molecule has 0 saturated heterocycles. The van der Waals surface area contributed by atoms with Crippen LogP contribution in [0.25, 0.3) is 0 Å². The van der Waals surface area contributed by atoms with E-state index >= 15 is 0 Å². The topological polar surface area (TPSA) is 0 Å². The van der Waals surface area contributed by atoms with E-state index in [2.05, 4.69) is 0 Å². The quantitative estimate of drug-likeness (QED) is 0.663. The van der Waals surface area contributed by atoms with Crippen molar-refractivity contribution < 1.29 is 13.2 Å². The zero-order valence-corrected chi connectivity index (χ0v) is 11.9. The third kappa shape index (κ3) is 3.25. The second-order valence-electron chi connectivity index (χ2n) is 3.78. The zero-order valence-electron chi connectivity index (χ0n) is 10.2. The van der Waals surface area contributed by atoms with E-state index < -0.39 is 10.3 Å². The third-order valence-electron chi connectivity index (χ3n) is 2.57. The first-order chi connectivity index (χ1) is 7.87. The second-order valence-corrected chi connectivity index (χ2v) is 7.17. The van der Waals surface area contributed by atoms with Crippen LogP contribution in [0.2, 0.25) is 0 Å². The minimum absolute atomic E-state index is 0.352. The standard InChI is InChI=1S/C12H17F3S2/c1-4-16-11(17-5-2)8-6-7-9(3)10(11)12(13,14)15/h6-7H,4-5,8H2,1-3H3. The first-order valence-corrected chi connectivity index (χ1v) is 7.57. The van der Waals surface area contributed by atoms with E-state index in [-0.39, 0.29) is 5.57 Å². The summed E-state index contributed by atoms with van der Waals surface area (Å²) in [5, 5.41) is 0. The van der Waals surface area contributed by atoms with Crippen LogP contribution in [0, 0.1) is 0 Å². The van der Waals surface area contributed by atoms with E-state index in [0.29, 0.717) is 23.5 Å². The van der Waals surface area contributed by atoms with Crippen molar-refractivity contribution in [3.8, 4) is 0 Å². The van der Waals surface area contributed by atoms with Crippen LogP contribution in [0.4, 0.5) is 13.2 Å². The van der Waals surface area contributed by atoms with Crippen LogP contribution in [0.1, 0.15) is 27.2 Å². The summed E-state index contributed by atoms with van der Waals surface area (Å²) < 4.78 is 38.8. The van der Waals surface area contributed by atoms with Crippen LogP contribution in [-0.4, -0.2) is 21.8 Å². The fourth-order valence-corrected chi connectivity index (χ4v) is 5.33. The van der Waals surface area contributed by atoms with E-state index in [9.17, 15) is 13.2 Å². The Bertz CT molecular complexity index is 323. The maximum Gasteiger partial charge on any atom is 0.415 e. The van der Waals surface area contributed by atoms with Crippen molar-refractivity contribution in [3.05, 3.63) is 23.3 Å². The number of alkyl halides is 3. The monoisotopic (exact) mass is 282 g/mol. The zero-order chi connectivity index (χ0) is 13.1. The van der Waals surface area contributed by atoms with Gasteiger partial charge < -0.3 is 0 Å². The molecule has 1 aliphatic carbocycles. The van der Waals surface area contributed by atoms with Crippen LogP contribution < -0.4 is 0 Å². The van der Waals surface area contributed by atoms with Crippen LogP contribution in [0.15, 0.2) is 23.3 Å². The number of allylic oxidation sites excluding steroid dienone is 3. The molecule has 0 bridgehead atoms. The Morgan fingerprint density at radius 3 is 2.18 bits per heavy atom. The lowest BCUT2D eigenvalue weighted by Gasteiger charge is -2.38. The maximum atomic E-state index is 13.2. The molecule has 0 atom stereocenters. The molecule has 0 amide bonds. The van der Waals surface area contributed by atoms with Crippen LogP contribution in [0.3, 0.4) is 0 Å². The lowest BCUT2D eigenvalue weighted by atomic mass is 9.97. The van der Waals surface area contributed by atoms with Gasteiger partial charge in [0.2, 0.25) is 0 Å². The van der Waals surface area contributed by atoms with Gasteiger partial charge in [-0.3, -0.25) is 0 Å². The summed E-state index contributed by atoms with van der Waals surface area (Å²) in [6, 6.07) is 0. The molecule has 0 aromatic carbocycles. The molecule has 17 heavy (non-hydrogen) atoms. The van der Waals surface area contributed by atoms with Gasteiger partial charge in [-0.1, -0.05) is 26.0 Å². The molecule has 0 radical (unpaired) electrons. The molecule has 0 N–H and O–H groups in total. The van der Waals surface area contributed by atoms with Gasteiger partial charge in [0.1, 0.15) is 0 Å². The predicted molar refractivity (Wildman–Crippen MR) is 71.5 cm³/mol. The minimum atomic E-state index is -4.24. The molecule has 0 aliphatic heterocycles. The number of halogens is 3. The average Bonchev–Trinajstić information content (AvgIpc) is 2.15. The van der Waals surface area contributed by atoms with Gasteiger partial charge in [-0.2, -0.15) is 13.2 Å². The molecule has 0 nitrogen and oxygen atoms in total. The average molecular weight is 282 g/mol. The van der Waals surface area contributed by atoms with E-state index in [1.165, 1.54) is 23.5 Å². The van der Waals surface area contributed by atoms with Crippen molar-refractivity contribution in [1.29, 1.82) is 0 Å². The number of thioether (sulfide) groups is 2. The smallest absolute Gasteiger partial charge is 0.166 e. The molecule has 0 unspecified atom stereocenters. The molecule has 1 aliphatic rings. The molecule has 0 aromatic rings. The highest BCUT2D eigenvalue weighted by Gasteiger charge is 2.50. The first-order valence-electron chi connectivity index (χ1n) is 5.60. The Kier molecular flexibility index (Phi) is 5.07. The van der Waals surface area contributed by atoms with E-state index in [1.54, 1.807) is 13.0 Å². The summed E-state index contributed by atoms with van der Waals surface area (Å²) in [5.74, 6) is 1.38. The summed E-state index contributed by atoms with van der Waals surface area (Å²) in [6.07, 6.45) is -0.335. The van der Waals surface area contributed by atoms with E-state index in [4.69, 9.17) is 0 Å². The Morgan fingerprint density at radius 1 is 1.24 bits per heavy atom. The van der Waals surface area contributed by atoms with Gasteiger partial charge in [0.15, 0.2) is 0 Å². The maximum absolute atomic E-state index is 13.2. The second kappa shape index (κ2) is 5.74. The summed E-state index contributed by atoms with van der Waals surface area (Å²) in [5.41, 5.74) is -0.00292. The number of hydrogen-bond donors (Lipinski definition) is 0. The van der Waals surface area contributed by atoms with Gasteiger partial charge >= 0.3 is 6.18 Å². The molecule has 0 saturated carbocycles. The fraction of sp³-hybridized carbons (Fsp3) is 0.667. The van der Waals surface area contributed by atoms with E-state index in [0.717, 1.165) is 0 Å². The fourth-order valence-electron chi connectivity index (χ4n) is 2.09. The molecule has 98 valence electrons. The molecule has 1 rings (SSSR count). The molecular formula is C12H17F3S2. The lowest BCUT2D eigenvalue weighted by molar-refractivity contribution is -0.0950. The van der Waals surface area contributed by atoms with Crippen molar-refractivity contribution in [2.75, 3.05) is 11.5 Å². The molecule has 5 heteroatoms. The van der Waals surface area contributed by atoms with Crippen molar-refractivity contribution in [1.82, 2.24) is 0 Å². The van der Waals surface area contributed by atoms with Gasteiger partial charge in [-0.25, -0.2) is 0 Å². The van der Waals surface area contributed by atoms with Crippen molar-refractivity contribution in [3.63, 3.8) is 0 Å². The van der Waals surface area contributed by atoms with Crippen molar-refractivity contribution in [2.45, 2.75) is 37.4 Å². The number of hydrogen-bond acceptors (Lipinski definition) is 2. The summed E-state index contributed by atoms with van der Waals surface area (Å²) >= 11 is 2.79. The Labute approximate surface area is 109 Å². The Balaban J connectivity index is 3.24. The summed E-state index contributed by atoms with van der Waals surface area (Å²) in [4.78, 5) is 0. The minimum Gasteiger partial charge on any atom is -0.166 e. The van der Waals surface area contributed by atoms with E-state index in [1.807, 2.05) is 19.9 Å². The van der Waals surface area contributed by atoms with Gasteiger partial charge in [0.05, 0.1) is 9.65 Å². The third-order valence-corrected chi connectivity index (χ3v) is 5.53. The SMILES string of the molecule is CCSC1(SCC)CC=CC(C)=C1C(F)(F)F. The van der Waals surface area contributed by atoms with Crippen molar-refractivity contribution >= 4 is 23.5 Å². The molecular weight excluding hydrogens is 265 g/mol. The Hall–Kier alpha value is -0.0300. The Morgan fingerprint density at radius 2 is 1.76 bits per heavy atom. The van der Waals surface area contributed by atoms with Crippen LogP contribution in [0.5, 0.6) is 0 Å². The summed E-state index contributed by atoms with van der Waals surface area (Å²) in [7, 11) is 0. The highest BCUT2D eigenvalue weighted by atomic mass is 32.2. The highest BCUT2D eigenvalue weighted by Crippen LogP contribution is 2.54. The van der Waals surface area contributed by atoms with Gasteiger partial charge in [0, 0.05) is 0 Å². The largest absolute Gasteiger partial charge is 0.415 e. The molecule has 0 heterocycles. The number of rotatable bonds is 4. The molecule has 0 fully saturated rings. The first kappa shape index (κ1) is 15.0. The van der Waals surface area contributed by atoms with Crippen molar-refractivity contribution in [2.24, 2.45) is 0 Å². The van der Waals surface area contributed by atoms with Crippen LogP contribution in [-0.2, 0) is 0 Å². The highest BCUT2D eigenvalue weighted by molar-refractivity contribution is 8.18. The molecule has 0 spiro atoms. The summed E-state index contributed by atoms with van der Waals surface area (Å²) in [6.45, 7) is 5.37. The van der Waals surface area contributed by atoms with Gasteiger partial charge in [0.25, 0.3) is 0 Å².